The molecule has 18 heavy (non-hydrogen) atoms. The monoisotopic (exact) mass is 286 g/mol. The minimum atomic E-state index is -4.12. The molecule has 0 heterocycles. The lowest BCUT2D eigenvalue weighted by Gasteiger charge is -2.20. The van der Waals surface area contributed by atoms with Crippen molar-refractivity contribution in [2.75, 3.05) is 0 Å². The van der Waals surface area contributed by atoms with Gasteiger partial charge in [-0.1, -0.05) is 20.3 Å². The van der Waals surface area contributed by atoms with Crippen LogP contribution < -0.4 is 0 Å². The van der Waals surface area contributed by atoms with E-state index >= 15 is 0 Å². The maximum absolute atomic E-state index is 13.0. The van der Waals surface area contributed by atoms with E-state index < -0.39 is 35.5 Å². The Morgan fingerprint density at radius 3 is 2.61 bits per heavy atom. The van der Waals surface area contributed by atoms with Crippen molar-refractivity contribution in [1.82, 2.24) is 0 Å². The molecule has 0 amide bonds. The fraction of sp³-hybridized carbons (Fsp3) is 0.909. The van der Waals surface area contributed by atoms with Crippen LogP contribution in [0, 0.1) is 17.8 Å². The number of rotatable bonds is 5. The third-order valence-electron chi connectivity index (χ3n) is 3.46. The van der Waals surface area contributed by atoms with Crippen molar-refractivity contribution in [3.05, 3.63) is 0 Å². The van der Waals surface area contributed by atoms with Crippen molar-refractivity contribution in [3.8, 4) is 0 Å². The van der Waals surface area contributed by atoms with Crippen molar-refractivity contribution in [1.29, 1.82) is 0 Å². The lowest BCUT2D eigenvalue weighted by molar-refractivity contribution is -0.186. The summed E-state index contributed by atoms with van der Waals surface area (Å²) in [7, 11) is 0. The molecule has 106 valence electrons. The summed E-state index contributed by atoms with van der Waals surface area (Å²) in [6.07, 6.45) is -0.859. The molecular formula is C11H17F3O3S. The van der Waals surface area contributed by atoms with E-state index in [1.807, 2.05) is 13.8 Å². The summed E-state index contributed by atoms with van der Waals surface area (Å²) < 4.78 is 50.7. The van der Waals surface area contributed by atoms with E-state index in [0.29, 0.717) is 12.3 Å². The number of esters is 1. The number of halogens is 3. The molecule has 1 aliphatic carbocycles. The molecule has 4 unspecified atom stereocenters. The highest BCUT2D eigenvalue weighted by atomic mass is 32.2. The van der Waals surface area contributed by atoms with Crippen LogP contribution in [-0.4, -0.2) is 22.1 Å². The lowest BCUT2D eigenvalue weighted by Crippen LogP contribution is -2.33. The fourth-order valence-electron chi connectivity index (χ4n) is 2.34. The zero-order valence-electron chi connectivity index (χ0n) is 10.2. The van der Waals surface area contributed by atoms with E-state index in [4.69, 9.17) is 4.55 Å². The van der Waals surface area contributed by atoms with Crippen molar-refractivity contribution >= 4 is 18.0 Å². The van der Waals surface area contributed by atoms with Crippen LogP contribution in [0.25, 0.3) is 0 Å². The summed E-state index contributed by atoms with van der Waals surface area (Å²) in [5.41, 5.74) is 0. The van der Waals surface area contributed by atoms with Crippen LogP contribution in [0.2, 0.25) is 0 Å². The second-order valence-corrected chi connectivity index (χ2v) is 5.46. The van der Waals surface area contributed by atoms with Crippen molar-refractivity contribution < 1.29 is 27.3 Å². The summed E-state index contributed by atoms with van der Waals surface area (Å²) in [5.74, 6) is -1.12. The Kier molecular flexibility index (Phi) is 5.33. The summed E-state index contributed by atoms with van der Waals surface area (Å²) in [5, 5.41) is -4.12. The SMILES string of the molecule is CCC1CC(C)C(C(=O)OC(F)C(F)(F)SO)C1. The summed E-state index contributed by atoms with van der Waals surface area (Å²) in [6, 6.07) is 0. The number of carbonyl (C=O) groups excluding carboxylic acids is 1. The van der Waals surface area contributed by atoms with Gasteiger partial charge in [0.05, 0.1) is 18.0 Å². The van der Waals surface area contributed by atoms with E-state index in [-0.39, 0.29) is 5.92 Å². The molecule has 3 nitrogen and oxygen atoms in total. The van der Waals surface area contributed by atoms with Crippen LogP contribution in [0.5, 0.6) is 0 Å². The summed E-state index contributed by atoms with van der Waals surface area (Å²) >= 11 is -0.960. The Labute approximate surface area is 108 Å². The average Bonchev–Trinajstić information content (AvgIpc) is 2.70. The molecule has 1 aliphatic rings. The van der Waals surface area contributed by atoms with E-state index in [1.165, 1.54) is 0 Å². The van der Waals surface area contributed by atoms with Crippen LogP contribution in [0.4, 0.5) is 13.2 Å². The van der Waals surface area contributed by atoms with Gasteiger partial charge in [-0.3, -0.25) is 4.79 Å². The third-order valence-corrected chi connectivity index (χ3v) is 3.89. The Morgan fingerprint density at radius 1 is 1.56 bits per heavy atom. The van der Waals surface area contributed by atoms with Crippen LogP contribution in [0.1, 0.15) is 33.1 Å². The number of hydrogen-bond donors (Lipinski definition) is 1. The van der Waals surface area contributed by atoms with Gasteiger partial charge in [-0.05, 0) is 24.7 Å². The summed E-state index contributed by atoms with van der Waals surface area (Å²) in [6.45, 7) is 3.81. The highest BCUT2D eigenvalue weighted by Gasteiger charge is 2.46. The Hall–Kier alpha value is -0.430. The topological polar surface area (TPSA) is 46.5 Å². The van der Waals surface area contributed by atoms with Crippen LogP contribution in [-0.2, 0) is 9.53 Å². The van der Waals surface area contributed by atoms with Crippen LogP contribution >= 0.6 is 12.0 Å². The molecule has 0 saturated heterocycles. The van der Waals surface area contributed by atoms with Gasteiger partial charge in [0.1, 0.15) is 0 Å². The molecule has 7 heteroatoms. The first-order chi connectivity index (χ1) is 8.31. The molecule has 4 atom stereocenters. The smallest absolute Gasteiger partial charge is 0.383 e. The van der Waals surface area contributed by atoms with Gasteiger partial charge in [-0.2, -0.15) is 13.2 Å². The lowest BCUT2D eigenvalue weighted by atomic mass is 9.99. The molecule has 0 radical (unpaired) electrons. The van der Waals surface area contributed by atoms with Gasteiger partial charge in [0.2, 0.25) is 0 Å². The van der Waals surface area contributed by atoms with Gasteiger partial charge >= 0.3 is 17.6 Å². The molecule has 0 aromatic heterocycles. The third kappa shape index (κ3) is 3.54. The molecule has 0 aliphatic heterocycles. The van der Waals surface area contributed by atoms with Gasteiger partial charge in [0.15, 0.2) is 0 Å². The number of alkyl halides is 3. The Balaban J connectivity index is 2.56. The van der Waals surface area contributed by atoms with Gasteiger partial charge in [0.25, 0.3) is 0 Å². The second kappa shape index (κ2) is 6.14. The van der Waals surface area contributed by atoms with Gasteiger partial charge in [-0.25, -0.2) is 0 Å². The van der Waals surface area contributed by atoms with Gasteiger partial charge in [-0.15, -0.1) is 0 Å². The minimum Gasteiger partial charge on any atom is -0.423 e. The molecule has 1 fully saturated rings. The zero-order valence-corrected chi connectivity index (χ0v) is 11.1. The second-order valence-electron chi connectivity index (χ2n) is 4.74. The van der Waals surface area contributed by atoms with Crippen molar-refractivity contribution in [2.45, 2.75) is 44.7 Å². The Morgan fingerprint density at radius 2 is 2.17 bits per heavy atom. The fourth-order valence-corrected chi connectivity index (χ4v) is 2.47. The number of hydrogen-bond acceptors (Lipinski definition) is 4. The molecule has 0 spiro atoms. The highest BCUT2D eigenvalue weighted by Crippen LogP contribution is 2.40. The predicted octanol–water partition coefficient (Wildman–Crippen LogP) is 3.70. The molecule has 1 rings (SSSR count). The van der Waals surface area contributed by atoms with E-state index in [2.05, 4.69) is 4.74 Å². The predicted molar refractivity (Wildman–Crippen MR) is 61.8 cm³/mol. The van der Waals surface area contributed by atoms with Crippen molar-refractivity contribution in [3.63, 3.8) is 0 Å². The first-order valence-corrected chi connectivity index (χ1v) is 6.64. The average molecular weight is 286 g/mol. The Bertz CT molecular complexity index is 301. The molecular weight excluding hydrogens is 269 g/mol. The molecule has 1 saturated carbocycles. The van der Waals surface area contributed by atoms with Crippen molar-refractivity contribution in [2.24, 2.45) is 17.8 Å². The normalized spacial score (nSPS) is 30.2. The molecule has 0 bridgehead atoms. The maximum atomic E-state index is 13.0. The van der Waals surface area contributed by atoms with E-state index in [0.717, 1.165) is 12.8 Å². The van der Waals surface area contributed by atoms with Crippen LogP contribution in [0.15, 0.2) is 0 Å². The molecule has 0 aromatic carbocycles. The first kappa shape index (κ1) is 15.6. The zero-order chi connectivity index (χ0) is 13.9. The number of carbonyl (C=O) groups is 1. The largest absolute Gasteiger partial charge is 0.423 e. The maximum Gasteiger partial charge on any atom is 0.383 e. The first-order valence-electron chi connectivity index (χ1n) is 5.86. The quantitative estimate of drug-likeness (QED) is 0.618. The molecule has 1 N–H and O–H groups in total. The van der Waals surface area contributed by atoms with Gasteiger partial charge in [0, 0.05) is 0 Å². The minimum absolute atomic E-state index is 0.00468. The number of ether oxygens (including phenoxy) is 1. The van der Waals surface area contributed by atoms with E-state index in [1.54, 1.807) is 0 Å². The summed E-state index contributed by atoms with van der Waals surface area (Å²) in [4.78, 5) is 11.6. The van der Waals surface area contributed by atoms with Gasteiger partial charge < -0.3 is 9.29 Å². The molecule has 0 aromatic rings. The van der Waals surface area contributed by atoms with Crippen LogP contribution in [0.3, 0.4) is 0 Å². The standard InChI is InChI=1S/C11H17F3O3S/c1-3-7-4-6(2)8(5-7)9(15)17-10(12)11(13,14)18-16/h6-8,10,16H,3-5H2,1-2H3. The van der Waals surface area contributed by atoms with E-state index in [9.17, 15) is 18.0 Å². The highest BCUT2D eigenvalue weighted by molar-refractivity contribution is 7.94.